The third-order valence-electron chi connectivity index (χ3n) is 3.73. The molecule has 26 heavy (non-hydrogen) atoms. The fourth-order valence-corrected chi connectivity index (χ4v) is 4.35. The molecule has 136 valence electrons. The van der Waals surface area contributed by atoms with E-state index in [0.29, 0.717) is 18.2 Å². The van der Waals surface area contributed by atoms with Gasteiger partial charge in [-0.3, -0.25) is 4.79 Å². The maximum absolute atomic E-state index is 12.1. The van der Waals surface area contributed by atoms with Crippen LogP contribution in [0.3, 0.4) is 0 Å². The van der Waals surface area contributed by atoms with E-state index in [-0.39, 0.29) is 5.91 Å². The minimum Gasteiger partial charge on any atom is -0.492 e. The number of hydrogen-bond acceptors (Lipinski definition) is 5. The molecule has 1 aromatic heterocycles. The average molecular weight is 387 g/mol. The minimum atomic E-state index is 0.0160. The SMILES string of the molecule is CCOc1cccc2sc(NC(=O)CCCSCc3ccccc3)nc12. The molecule has 0 aliphatic carbocycles. The van der Waals surface area contributed by atoms with Gasteiger partial charge in [-0.15, -0.1) is 0 Å². The van der Waals surface area contributed by atoms with Crippen molar-refractivity contribution in [2.75, 3.05) is 17.7 Å². The number of benzene rings is 2. The van der Waals surface area contributed by atoms with Gasteiger partial charge in [-0.2, -0.15) is 11.8 Å². The van der Waals surface area contributed by atoms with Crippen LogP contribution in [0.5, 0.6) is 5.75 Å². The van der Waals surface area contributed by atoms with Crippen molar-refractivity contribution < 1.29 is 9.53 Å². The van der Waals surface area contributed by atoms with Gasteiger partial charge in [0.1, 0.15) is 11.3 Å². The fraction of sp³-hybridized carbons (Fsp3) is 0.300. The topological polar surface area (TPSA) is 51.2 Å². The molecule has 0 saturated carbocycles. The van der Waals surface area contributed by atoms with Crippen molar-refractivity contribution >= 4 is 44.4 Å². The molecule has 6 heteroatoms. The second-order valence-corrected chi connectivity index (χ2v) is 7.88. The molecule has 0 fully saturated rings. The van der Waals surface area contributed by atoms with Gasteiger partial charge in [0.25, 0.3) is 0 Å². The average Bonchev–Trinajstić information content (AvgIpc) is 3.06. The lowest BCUT2D eigenvalue weighted by Gasteiger charge is -2.03. The first kappa shape index (κ1) is 18.7. The Hall–Kier alpha value is -2.05. The van der Waals surface area contributed by atoms with Gasteiger partial charge in [0, 0.05) is 12.2 Å². The third kappa shape index (κ3) is 5.22. The van der Waals surface area contributed by atoms with Crippen molar-refractivity contribution in [2.45, 2.75) is 25.5 Å². The second-order valence-electron chi connectivity index (χ2n) is 5.74. The van der Waals surface area contributed by atoms with Crippen LogP contribution >= 0.6 is 23.1 Å². The Morgan fingerprint density at radius 2 is 2.04 bits per heavy atom. The van der Waals surface area contributed by atoms with Crippen LogP contribution in [0, 0.1) is 0 Å². The van der Waals surface area contributed by atoms with E-state index in [4.69, 9.17) is 4.74 Å². The predicted molar refractivity (Wildman–Crippen MR) is 111 cm³/mol. The summed E-state index contributed by atoms with van der Waals surface area (Å²) in [7, 11) is 0. The summed E-state index contributed by atoms with van der Waals surface area (Å²) in [6.45, 7) is 2.54. The first-order valence-corrected chi connectivity index (χ1v) is 10.7. The molecule has 1 heterocycles. The summed E-state index contributed by atoms with van der Waals surface area (Å²) in [5.41, 5.74) is 2.13. The van der Waals surface area contributed by atoms with Crippen LogP contribution in [0.4, 0.5) is 5.13 Å². The number of rotatable bonds is 9. The number of thiazole rings is 1. The van der Waals surface area contributed by atoms with Crippen LogP contribution in [0.1, 0.15) is 25.3 Å². The van der Waals surface area contributed by atoms with Gasteiger partial charge in [-0.1, -0.05) is 47.7 Å². The van der Waals surface area contributed by atoms with Crippen molar-refractivity contribution in [2.24, 2.45) is 0 Å². The molecule has 3 aromatic rings. The molecule has 0 aliphatic heterocycles. The van der Waals surface area contributed by atoms with E-state index in [1.54, 1.807) is 0 Å². The van der Waals surface area contributed by atoms with Gasteiger partial charge >= 0.3 is 0 Å². The van der Waals surface area contributed by atoms with Crippen molar-refractivity contribution in [3.63, 3.8) is 0 Å². The molecule has 0 spiro atoms. The monoisotopic (exact) mass is 386 g/mol. The largest absolute Gasteiger partial charge is 0.492 e. The van der Waals surface area contributed by atoms with Crippen molar-refractivity contribution in [1.82, 2.24) is 4.98 Å². The van der Waals surface area contributed by atoms with Gasteiger partial charge in [0.15, 0.2) is 5.13 Å². The molecule has 0 saturated heterocycles. The maximum atomic E-state index is 12.1. The van der Waals surface area contributed by atoms with Crippen LogP contribution in [0.25, 0.3) is 10.2 Å². The first-order chi connectivity index (χ1) is 12.8. The predicted octanol–water partition coefficient (Wildman–Crippen LogP) is 5.35. The number of nitrogens with one attached hydrogen (secondary N) is 1. The normalized spacial score (nSPS) is 10.8. The number of thioether (sulfide) groups is 1. The van der Waals surface area contributed by atoms with Gasteiger partial charge < -0.3 is 10.1 Å². The Kier molecular flexibility index (Phi) is 6.91. The van der Waals surface area contributed by atoms with Gasteiger partial charge in [0.05, 0.1) is 11.3 Å². The molecule has 0 aliphatic rings. The number of hydrogen-bond donors (Lipinski definition) is 1. The molecule has 2 aromatic carbocycles. The van der Waals surface area contributed by atoms with Crippen LogP contribution in [0.2, 0.25) is 0 Å². The van der Waals surface area contributed by atoms with E-state index in [1.165, 1.54) is 16.9 Å². The molecule has 0 atom stereocenters. The van der Waals surface area contributed by atoms with Gasteiger partial charge in [-0.05, 0) is 36.8 Å². The minimum absolute atomic E-state index is 0.0160. The molecule has 0 bridgehead atoms. The van der Waals surface area contributed by atoms with Crippen molar-refractivity contribution in [1.29, 1.82) is 0 Å². The molecule has 1 amide bonds. The number of carbonyl (C=O) groups excluding carboxylic acids is 1. The van der Waals surface area contributed by atoms with Gasteiger partial charge in [-0.25, -0.2) is 4.98 Å². The molecule has 4 nitrogen and oxygen atoms in total. The zero-order chi connectivity index (χ0) is 18.2. The Morgan fingerprint density at radius 3 is 2.85 bits per heavy atom. The maximum Gasteiger partial charge on any atom is 0.226 e. The second kappa shape index (κ2) is 9.59. The Bertz CT molecular complexity index is 849. The number of carbonyl (C=O) groups is 1. The summed E-state index contributed by atoms with van der Waals surface area (Å²) in [6, 6.07) is 16.2. The first-order valence-electron chi connectivity index (χ1n) is 8.70. The number of fused-ring (bicyclic) bond motifs is 1. The summed E-state index contributed by atoms with van der Waals surface area (Å²) in [4.78, 5) is 16.7. The zero-order valence-electron chi connectivity index (χ0n) is 14.7. The van der Waals surface area contributed by atoms with E-state index < -0.39 is 0 Å². The van der Waals surface area contributed by atoms with Crippen LogP contribution in [-0.2, 0) is 10.5 Å². The number of para-hydroxylation sites is 1. The number of nitrogens with zero attached hydrogens (tertiary/aromatic N) is 1. The summed E-state index contributed by atoms with van der Waals surface area (Å²) in [5, 5.41) is 3.55. The molecule has 0 unspecified atom stereocenters. The number of aromatic nitrogens is 1. The molecular formula is C20H22N2O2S2. The lowest BCUT2D eigenvalue weighted by Crippen LogP contribution is -2.11. The highest BCUT2D eigenvalue weighted by atomic mass is 32.2. The molecule has 0 radical (unpaired) electrons. The summed E-state index contributed by atoms with van der Waals surface area (Å²) < 4.78 is 6.61. The van der Waals surface area contributed by atoms with Gasteiger partial charge in [0.2, 0.25) is 5.91 Å². The number of amides is 1. The summed E-state index contributed by atoms with van der Waals surface area (Å²) in [5.74, 6) is 2.73. The van der Waals surface area contributed by atoms with Crippen molar-refractivity contribution in [3.05, 3.63) is 54.1 Å². The van der Waals surface area contributed by atoms with E-state index in [1.807, 2.05) is 43.0 Å². The molecular weight excluding hydrogens is 364 g/mol. The number of ether oxygens (including phenoxy) is 1. The summed E-state index contributed by atoms with van der Waals surface area (Å²) >= 11 is 3.33. The van der Waals surface area contributed by atoms with Crippen LogP contribution in [-0.4, -0.2) is 23.3 Å². The quantitative estimate of drug-likeness (QED) is 0.504. The third-order valence-corrected chi connectivity index (χ3v) is 5.78. The number of anilines is 1. The zero-order valence-corrected chi connectivity index (χ0v) is 16.4. The smallest absolute Gasteiger partial charge is 0.226 e. The highest BCUT2D eigenvalue weighted by Gasteiger charge is 2.11. The molecule has 3 rings (SSSR count). The lowest BCUT2D eigenvalue weighted by atomic mass is 10.2. The molecule has 1 N–H and O–H groups in total. The van der Waals surface area contributed by atoms with Crippen molar-refractivity contribution in [3.8, 4) is 5.75 Å². The van der Waals surface area contributed by atoms with E-state index in [9.17, 15) is 4.79 Å². The van der Waals surface area contributed by atoms with E-state index in [2.05, 4.69) is 34.6 Å². The van der Waals surface area contributed by atoms with Crippen LogP contribution < -0.4 is 10.1 Å². The van der Waals surface area contributed by atoms with E-state index >= 15 is 0 Å². The fourth-order valence-electron chi connectivity index (χ4n) is 2.53. The Balaban J connectivity index is 1.44. The summed E-state index contributed by atoms with van der Waals surface area (Å²) in [6.07, 6.45) is 1.37. The van der Waals surface area contributed by atoms with Crippen LogP contribution in [0.15, 0.2) is 48.5 Å². The highest BCUT2D eigenvalue weighted by Crippen LogP contribution is 2.32. The Labute approximate surface area is 162 Å². The lowest BCUT2D eigenvalue weighted by molar-refractivity contribution is -0.116. The Morgan fingerprint density at radius 1 is 1.19 bits per heavy atom. The highest BCUT2D eigenvalue weighted by molar-refractivity contribution is 7.98. The van der Waals surface area contributed by atoms with E-state index in [0.717, 1.165) is 33.9 Å². The standard InChI is InChI=1S/C20H22N2O2S2/c1-2-24-16-10-6-11-17-19(16)22-20(26-17)21-18(23)12-7-13-25-14-15-8-4-3-5-9-15/h3-6,8-11H,2,7,12-14H2,1H3,(H,21,22,23).